The van der Waals surface area contributed by atoms with E-state index in [4.69, 9.17) is 9.47 Å². The molecule has 0 radical (unpaired) electrons. The molecule has 1 heterocycles. The minimum atomic E-state index is -4.20. The zero-order chi connectivity index (χ0) is 15.1. The van der Waals surface area contributed by atoms with Crippen LogP contribution in [0.15, 0.2) is 18.2 Å². The third kappa shape index (κ3) is 2.81. The first-order chi connectivity index (χ1) is 9.91. The summed E-state index contributed by atoms with van der Waals surface area (Å²) in [5, 5.41) is 2.72. The van der Waals surface area contributed by atoms with E-state index in [1.54, 1.807) is 25.1 Å². The molecule has 6 heteroatoms. The molecule has 1 aliphatic heterocycles. The quantitative estimate of drug-likeness (QED) is 0.925. The summed E-state index contributed by atoms with van der Waals surface area (Å²) in [7, 11) is 0. The smallest absolute Gasteiger partial charge is 0.406 e. The molecule has 1 aliphatic carbocycles. The maximum Gasteiger partial charge on any atom is 0.406 e. The third-order valence-corrected chi connectivity index (χ3v) is 4.06. The molecule has 0 aromatic heterocycles. The molecule has 21 heavy (non-hydrogen) atoms. The lowest BCUT2D eigenvalue weighted by molar-refractivity contribution is -0.167. The largest absolute Gasteiger partial charge is 0.490 e. The Morgan fingerprint density at radius 3 is 2.43 bits per heavy atom. The zero-order valence-corrected chi connectivity index (χ0v) is 11.8. The first kappa shape index (κ1) is 14.5. The highest BCUT2D eigenvalue weighted by Gasteiger charge is 2.63. The summed E-state index contributed by atoms with van der Waals surface area (Å²) in [6.45, 7) is 2.90. The molecule has 116 valence electrons. The second kappa shape index (κ2) is 5.09. The van der Waals surface area contributed by atoms with Crippen molar-refractivity contribution in [3.05, 3.63) is 23.8 Å². The van der Waals surface area contributed by atoms with Crippen LogP contribution in [0.5, 0.6) is 11.5 Å². The van der Waals surface area contributed by atoms with Crippen molar-refractivity contribution in [1.29, 1.82) is 0 Å². The Hall–Kier alpha value is -1.43. The van der Waals surface area contributed by atoms with E-state index in [-0.39, 0.29) is 12.8 Å². The fraction of sp³-hybridized carbons (Fsp3) is 0.600. The van der Waals surface area contributed by atoms with Gasteiger partial charge >= 0.3 is 6.18 Å². The number of alkyl halides is 3. The molecule has 0 spiro atoms. The Morgan fingerprint density at radius 1 is 1.14 bits per heavy atom. The van der Waals surface area contributed by atoms with Gasteiger partial charge in [-0.05, 0) is 37.5 Å². The molecule has 1 unspecified atom stereocenters. The number of hydrogen-bond donors (Lipinski definition) is 1. The predicted molar refractivity (Wildman–Crippen MR) is 71.6 cm³/mol. The van der Waals surface area contributed by atoms with Crippen molar-refractivity contribution in [2.24, 2.45) is 0 Å². The van der Waals surface area contributed by atoms with Crippen LogP contribution in [0.1, 0.15) is 37.8 Å². The van der Waals surface area contributed by atoms with Gasteiger partial charge < -0.3 is 9.47 Å². The highest BCUT2D eigenvalue weighted by molar-refractivity contribution is 5.44. The fourth-order valence-electron chi connectivity index (χ4n) is 2.58. The van der Waals surface area contributed by atoms with Gasteiger partial charge in [-0.3, -0.25) is 5.32 Å². The molecule has 0 saturated heterocycles. The van der Waals surface area contributed by atoms with Gasteiger partial charge in [0, 0.05) is 12.5 Å². The number of benzene rings is 1. The Labute approximate surface area is 121 Å². The standard InChI is InChI=1S/C15H18F3NO2/c1-10(19-14(5-6-14)15(16,17)18)11-3-4-12-13(9-11)21-8-2-7-20-12/h3-4,9-10,19H,2,5-8H2,1H3. The molecule has 1 fully saturated rings. The fourth-order valence-corrected chi connectivity index (χ4v) is 2.58. The minimum Gasteiger partial charge on any atom is -0.490 e. The lowest BCUT2D eigenvalue weighted by Crippen LogP contribution is -2.45. The van der Waals surface area contributed by atoms with E-state index in [2.05, 4.69) is 5.32 Å². The first-order valence-electron chi connectivity index (χ1n) is 7.15. The van der Waals surface area contributed by atoms with Crippen molar-refractivity contribution in [2.75, 3.05) is 13.2 Å². The van der Waals surface area contributed by atoms with Crippen LogP contribution in [-0.2, 0) is 0 Å². The summed E-state index contributed by atoms with van der Waals surface area (Å²) >= 11 is 0. The van der Waals surface area contributed by atoms with Gasteiger partial charge in [0.2, 0.25) is 0 Å². The summed E-state index contributed by atoms with van der Waals surface area (Å²) in [6.07, 6.45) is -3.11. The number of ether oxygens (including phenoxy) is 2. The van der Waals surface area contributed by atoms with Crippen LogP contribution >= 0.6 is 0 Å². The molecule has 1 aromatic carbocycles. The normalized spacial score (nSPS) is 21.5. The van der Waals surface area contributed by atoms with E-state index < -0.39 is 17.8 Å². The Bertz CT molecular complexity index is 526. The number of nitrogens with one attached hydrogen (secondary N) is 1. The second-order valence-electron chi connectivity index (χ2n) is 5.70. The highest BCUT2D eigenvalue weighted by atomic mass is 19.4. The summed E-state index contributed by atoms with van der Waals surface area (Å²) in [5.41, 5.74) is -0.939. The van der Waals surface area contributed by atoms with E-state index in [1.165, 1.54) is 0 Å². The van der Waals surface area contributed by atoms with Gasteiger partial charge in [0.05, 0.1) is 13.2 Å². The minimum absolute atomic E-state index is 0.144. The second-order valence-corrected chi connectivity index (χ2v) is 5.70. The van der Waals surface area contributed by atoms with Gasteiger partial charge in [-0.25, -0.2) is 0 Å². The topological polar surface area (TPSA) is 30.5 Å². The van der Waals surface area contributed by atoms with E-state index in [9.17, 15) is 13.2 Å². The van der Waals surface area contributed by atoms with Crippen LogP contribution in [0.4, 0.5) is 13.2 Å². The van der Waals surface area contributed by atoms with E-state index in [1.807, 2.05) is 0 Å². The SMILES string of the molecule is CC(NC1(C(F)(F)F)CC1)c1ccc2c(c1)OCCCO2. The average molecular weight is 301 g/mol. The molecule has 3 rings (SSSR count). The van der Waals surface area contributed by atoms with Crippen molar-refractivity contribution in [1.82, 2.24) is 5.32 Å². The third-order valence-electron chi connectivity index (χ3n) is 4.06. The molecule has 2 aliphatic rings. The Kier molecular flexibility index (Phi) is 3.51. The summed E-state index contributed by atoms with van der Waals surface area (Å²) < 4.78 is 50.1. The van der Waals surface area contributed by atoms with Gasteiger partial charge in [0.25, 0.3) is 0 Å². The number of rotatable bonds is 3. The van der Waals surface area contributed by atoms with Crippen LogP contribution in [0.25, 0.3) is 0 Å². The lowest BCUT2D eigenvalue weighted by atomic mass is 10.1. The average Bonchev–Trinajstić information content (AvgIpc) is 3.21. The van der Waals surface area contributed by atoms with Crippen LogP contribution in [0.3, 0.4) is 0 Å². The van der Waals surface area contributed by atoms with Crippen LogP contribution in [-0.4, -0.2) is 24.9 Å². The monoisotopic (exact) mass is 301 g/mol. The highest BCUT2D eigenvalue weighted by Crippen LogP contribution is 2.50. The molecular weight excluding hydrogens is 283 g/mol. The number of hydrogen-bond acceptors (Lipinski definition) is 3. The summed E-state index contributed by atoms with van der Waals surface area (Å²) in [4.78, 5) is 0. The molecule has 1 atom stereocenters. The van der Waals surface area contributed by atoms with E-state index in [0.717, 1.165) is 12.0 Å². The van der Waals surface area contributed by atoms with Gasteiger partial charge in [-0.15, -0.1) is 0 Å². The lowest BCUT2D eigenvalue weighted by Gasteiger charge is -2.25. The molecule has 1 saturated carbocycles. The van der Waals surface area contributed by atoms with Crippen molar-refractivity contribution >= 4 is 0 Å². The number of halogens is 3. The maximum atomic E-state index is 13.0. The Balaban J connectivity index is 1.76. The maximum absolute atomic E-state index is 13.0. The molecule has 0 bridgehead atoms. The van der Waals surface area contributed by atoms with Crippen molar-refractivity contribution in [2.45, 2.75) is 43.9 Å². The van der Waals surface area contributed by atoms with Crippen molar-refractivity contribution < 1.29 is 22.6 Å². The number of fused-ring (bicyclic) bond motifs is 1. The van der Waals surface area contributed by atoms with Crippen LogP contribution in [0.2, 0.25) is 0 Å². The Morgan fingerprint density at radius 2 is 1.81 bits per heavy atom. The van der Waals surface area contributed by atoms with Crippen molar-refractivity contribution in [3.63, 3.8) is 0 Å². The predicted octanol–water partition coefficient (Wildman–Crippen LogP) is 3.59. The van der Waals surface area contributed by atoms with Gasteiger partial charge in [-0.2, -0.15) is 13.2 Å². The van der Waals surface area contributed by atoms with Crippen LogP contribution in [0, 0.1) is 0 Å². The summed E-state index contributed by atoms with van der Waals surface area (Å²) in [6, 6.07) is 4.93. The van der Waals surface area contributed by atoms with E-state index in [0.29, 0.717) is 24.7 Å². The van der Waals surface area contributed by atoms with Gasteiger partial charge in [0.1, 0.15) is 5.54 Å². The molecular formula is C15H18F3NO2. The van der Waals surface area contributed by atoms with Crippen LogP contribution < -0.4 is 14.8 Å². The molecule has 1 N–H and O–H groups in total. The first-order valence-corrected chi connectivity index (χ1v) is 7.15. The summed E-state index contributed by atoms with van der Waals surface area (Å²) in [5.74, 6) is 1.26. The van der Waals surface area contributed by atoms with E-state index >= 15 is 0 Å². The molecule has 3 nitrogen and oxygen atoms in total. The van der Waals surface area contributed by atoms with Gasteiger partial charge in [0.15, 0.2) is 11.5 Å². The molecule has 1 aromatic rings. The van der Waals surface area contributed by atoms with Gasteiger partial charge in [-0.1, -0.05) is 6.07 Å². The molecule has 0 amide bonds. The van der Waals surface area contributed by atoms with Crippen molar-refractivity contribution in [3.8, 4) is 11.5 Å². The zero-order valence-electron chi connectivity index (χ0n) is 11.8.